The number of aromatic nitrogens is 1. The van der Waals surface area contributed by atoms with Crippen LogP contribution in [0.2, 0.25) is 0 Å². The van der Waals surface area contributed by atoms with Gasteiger partial charge in [0, 0.05) is 24.0 Å². The zero-order valence-corrected chi connectivity index (χ0v) is 12.6. The summed E-state index contributed by atoms with van der Waals surface area (Å²) in [5, 5.41) is 0. The normalized spacial score (nSPS) is 13.2. The molecule has 1 heterocycles. The van der Waals surface area contributed by atoms with E-state index in [0.29, 0.717) is 6.04 Å². The van der Waals surface area contributed by atoms with Crippen molar-refractivity contribution in [2.75, 3.05) is 25.1 Å². The monoisotopic (exact) mass is 273 g/mol. The zero-order chi connectivity index (χ0) is 12.7. The van der Waals surface area contributed by atoms with Gasteiger partial charge in [-0.15, -0.1) is 11.3 Å². The topological polar surface area (TPSA) is 42.1 Å². The fourth-order valence-corrected chi connectivity index (χ4v) is 3.28. The van der Waals surface area contributed by atoms with Crippen molar-refractivity contribution in [3.63, 3.8) is 0 Å². The van der Waals surface area contributed by atoms with Crippen LogP contribution in [0.25, 0.3) is 0 Å². The van der Waals surface area contributed by atoms with Gasteiger partial charge in [0.1, 0.15) is 0 Å². The molecule has 0 amide bonds. The number of hydrogen-bond acceptors (Lipinski definition) is 5. The molecule has 0 aliphatic heterocycles. The summed E-state index contributed by atoms with van der Waals surface area (Å²) in [6.07, 6.45) is 1.17. The molecule has 2 N–H and O–H groups in total. The highest BCUT2D eigenvalue weighted by atomic mass is 32.2. The van der Waals surface area contributed by atoms with Crippen LogP contribution >= 0.6 is 23.1 Å². The predicted octanol–water partition coefficient (Wildman–Crippen LogP) is 2.35. The Morgan fingerprint density at radius 3 is 2.88 bits per heavy atom. The molecular formula is C12H23N3S2. The van der Waals surface area contributed by atoms with Crippen molar-refractivity contribution in [1.82, 2.24) is 9.88 Å². The lowest BCUT2D eigenvalue weighted by Gasteiger charge is -2.26. The third-order valence-electron chi connectivity index (χ3n) is 2.93. The van der Waals surface area contributed by atoms with E-state index in [0.717, 1.165) is 18.8 Å². The smallest absolute Gasteiger partial charge is 0.0798 e. The summed E-state index contributed by atoms with van der Waals surface area (Å²) in [6.45, 7) is 5.98. The van der Waals surface area contributed by atoms with Crippen LogP contribution in [0.15, 0.2) is 5.51 Å². The maximum atomic E-state index is 5.86. The lowest BCUT2D eigenvalue weighted by molar-refractivity contribution is 0.235. The molecule has 0 aliphatic carbocycles. The Labute approximate surface area is 113 Å². The second kappa shape index (κ2) is 8.08. The highest BCUT2D eigenvalue weighted by molar-refractivity contribution is 7.99. The van der Waals surface area contributed by atoms with Crippen molar-refractivity contribution in [2.24, 2.45) is 5.73 Å². The van der Waals surface area contributed by atoms with Gasteiger partial charge in [-0.25, -0.2) is 4.98 Å². The average Bonchev–Trinajstić information content (AvgIpc) is 2.70. The van der Waals surface area contributed by atoms with E-state index in [2.05, 4.69) is 30.8 Å². The summed E-state index contributed by atoms with van der Waals surface area (Å²) in [7, 11) is 2.16. The third-order valence-corrected chi connectivity index (χ3v) is 4.79. The molecule has 17 heavy (non-hydrogen) atoms. The van der Waals surface area contributed by atoms with Crippen LogP contribution in [0.1, 0.15) is 23.9 Å². The molecule has 1 unspecified atom stereocenters. The second-order valence-corrected chi connectivity index (χ2v) is 6.48. The van der Waals surface area contributed by atoms with Gasteiger partial charge in [-0.05, 0) is 31.9 Å². The molecule has 0 saturated heterocycles. The maximum Gasteiger partial charge on any atom is 0.0798 e. The molecule has 0 saturated carbocycles. The lowest BCUT2D eigenvalue weighted by atomic mass is 10.2. The molecule has 0 radical (unpaired) electrons. The number of nitrogens with two attached hydrogens (primary N) is 1. The van der Waals surface area contributed by atoms with E-state index in [1.54, 1.807) is 11.3 Å². The van der Waals surface area contributed by atoms with E-state index in [-0.39, 0.29) is 0 Å². The second-order valence-electron chi connectivity index (χ2n) is 4.15. The van der Waals surface area contributed by atoms with Gasteiger partial charge in [0.2, 0.25) is 0 Å². The molecule has 5 heteroatoms. The maximum absolute atomic E-state index is 5.86. The van der Waals surface area contributed by atoms with Crippen LogP contribution in [-0.2, 0) is 6.54 Å². The van der Waals surface area contributed by atoms with Gasteiger partial charge in [0.15, 0.2) is 0 Å². The Balaban J connectivity index is 2.43. The zero-order valence-electron chi connectivity index (χ0n) is 11.0. The van der Waals surface area contributed by atoms with Gasteiger partial charge in [-0.1, -0.05) is 6.92 Å². The molecule has 0 spiro atoms. The number of thiazole rings is 1. The molecule has 3 nitrogen and oxygen atoms in total. The summed E-state index contributed by atoms with van der Waals surface area (Å²) in [4.78, 5) is 8.00. The summed E-state index contributed by atoms with van der Waals surface area (Å²) in [5.74, 6) is 2.39. The van der Waals surface area contributed by atoms with Crippen molar-refractivity contribution >= 4 is 23.1 Å². The highest BCUT2D eigenvalue weighted by Crippen LogP contribution is 2.17. The quantitative estimate of drug-likeness (QED) is 0.738. The van der Waals surface area contributed by atoms with E-state index in [1.807, 2.05) is 17.3 Å². The molecule has 98 valence electrons. The SMILES string of the molecule is CCSCCC(CN)N(C)Cc1scnc1C. The summed E-state index contributed by atoms with van der Waals surface area (Å²) in [5.41, 5.74) is 8.93. The van der Waals surface area contributed by atoms with Crippen LogP contribution in [0, 0.1) is 6.92 Å². The first kappa shape index (κ1) is 15.0. The van der Waals surface area contributed by atoms with Gasteiger partial charge in [-0.3, -0.25) is 4.90 Å². The fraction of sp³-hybridized carbons (Fsp3) is 0.750. The summed E-state index contributed by atoms with van der Waals surface area (Å²) >= 11 is 3.72. The molecule has 1 aromatic heterocycles. The number of aryl methyl sites for hydroxylation is 1. The first-order valence-corrected chi connectivity index (χ1v) is 8.09. The molecule has 1 atom stereocenters. The van der Waals surface area contributed by atoms with Crippen molar-refractivity contribution in [1.29, 1.82) is 0 Å². The Morgan fingerprint density at radius 1 is 1.59 bits per heavy atom. The van der Waals surface area contributed by atoms with Crippen molar-refractivity contribution in [3.8, 4) is 0 Å². The number of thioether (sulfide) groups is 1. The van der Waals surface area contributed by atoms with E-state index < -0.39 is 0 Å². The molecule has 1 rings (SSSR count). The van der Waals surface area contributed by atoms with Crippen molar-refractivity contribution in [2.45, 2.75) is 32.9 Å². The number of nitrogens with zero attached hydrogens (tertiary/aromatic N) is 2. The number of rotatable bonds is 8. The molecule has 0 fully saturated rings. The van der Waals surface area contributed by atoms with E-state index in [9.17, 15) is 0 Å². The average molecular weight is 273 g/mol. The van der Waals surface area contributed by atoms with Crippen LogP contribution in [0.5, 0.6) is 0 Å². The highest BCUT2D eigenvalue weighted by Gasteiger charge is 2.14. The Bertz CT molecular complexity index is 314. The van der Waals surface area contributed by atoms with Crippen LogP contribution in [0.3, 0.4) is 0 Å². The minimum Gasteiger partial charge on any atom is -0.329 e. The van der Waals surface area contributed by atoms with Crippen LogP contribution < -0.4 is 5.73 Å². The third kappa shape index (κ3) is 4.95. The summed E-state index contributed by atoms with van der Waals surface area (Å²) < 4.78 is 0. The van der Waals surface area contributed by atoms with Gasteiger partial charge in [0.05, 0.1) is 11.2 Å². The number of hydrogen-bond donors (Lipinski definition) is 1. The Kier molecular flexibility index (Phi) is 7.11. The summed E-state index contributed by atoms with van der Waals surface area (Å²) in [6, 6.07) is 0.482. The van der Waals surface area contributed by atoms with Gasteiger partial charge in [-0.2, -0.15) is 11.8 Å². The molecular weight excluding hydrogens is 250 g/mol. The molecule has 0 bridgehead atoms. The Hall–Kier alpha value is -0.100. The van der Waals surface area contributed by atoms with Crippen molar-refractivity contribution < 1.29 is 0 Å². The van der Waals surface area contributed by atoms with Gasteiger partial charge < -0.3 is 5.73 Å². The van der Waals surface area contributed by atoms with Gasteiger partial charge >= 0.3 is 0 Å². The van der Waals surface area contributed by atoms with Gasteiger partial charge in [0.25, 0.3) is 0 Å². The first-order chi connectivity index (χ1) is 8.19. The molecule has 1 aromatic rings. The molecule has 0 aliphatic rings. The standard InChI is InChI=1S/C12H23N3S2/c1-4-16-6-5-11(7-13)15(3)8-12-10(2)14-9-17-12/h9,11H,4-8,13H2,1-3H3. The fourth-order valence-electron chi connectivity index (χ4n) is 1.72. The first-order valence-electron chi connectivity index (χ1n) is 6.06. The minimum atomic E-state index is 0.482. The van der Waals surface area contributed by atoms with Crippen LogP contribution in [0.4, 0.5) is 0 Å². The Morgan fingerprint density at radius 2 is 2.35 bits per heavy atom. The number of likely N-dealkylation sites (N-methyl/N-ethyl adjacent to an activating group) is 1. The minimum absolute atomic E-state index is 0.482. The molecule has 0 aromatic carbocycles. The van der Waals surface area contributed by atoms with E-state index >= 15 is 0 Å². The van der Waals surface area contributed by atoms with Crippen molar-refractivity contribution in [3.05, 3.63) is 16.1 Å². The van der Waals surface area contributed by atoms with Crippen LogP contribution in [-0.4, -0.2) is 41.0 Å². The largest absolute Gasteiger partial charge is 0.329 e. The predicted molar refractivity (Wildman–Crippen MR) is 78.8 cm³/mol. The van der Waals surface area contributed by atoms with E-state index in [4.69, 9.17) is 5.73 Å². The lowest BCUT2D eigenvalue weighted by Crippen LogP contribution is -2.37. The van der Waals surface area contributed by atoms with E-state index in [1.165, 1.54) is 22.8 Å².